The van der Waals surface area contributed by atoms with Crippen molar-refractivity contribution in [3.63, 3.8) is 0 Å². The predicted octanol–water partition coefficient (Wildman–Crippen LogP) is 2.90. The van der Waals surface area contributed by atoms with E-state index in [4.69, 9.17) is 0 Å². The van der Waals surface area contributed by atoms with Crippen LogP contribution in [-0.2, 0) is 9.59 Å². The first kappa shape index (κ1) is 16.6. The van der Waals surface area contributed by atoms with Crippen LogP contribution in [0.5, 0.6) is 0 Å². The van der Waals surface area contributed by atoms with Gasteiger partial charge in [-0.15, -0.1) is 0 Å². The highest BCUT2D eigenvalue weighted by Gasteiger charge is 2.40. The minimum atomic E-state index is -1.15. The zero-order valence-electron chi connectivity index (χ0n) is 13.9. The highest BCUT2D eigenvalue weighted by Crippen LogP contribution is 2.24. The highest BCUT2D eigenvalue weighted by atomic mass is 16.2. The Morgan fingerprint density at radius 1 is 1.04 bits per heavy atom. The average Bonchev–Trinajstić information content (AvgIpc) is 2.56. The number of urea groups is 1. The number of para-hydroxylation sites is 1. The molecule has 0 aromatic heterocycles. The van der Waals surface area contributed by atoms with Crippen LogP contribution in [0.4, 0.5) is 16.2 Å². The number of carbonyl (C=O) groups excluding carboxylic acids is 3. The number of aryl methyl sites for hydroxylation is 2. The van der Waals surface area contributed by atoms with Crippen molar-refractivity contribution in [3.8, 4) is 0 Å². The second-order valence-corrected chi connectivity index (χ2v) is 5.85. The van der Waals surface area contributed by atoms with Crippen molar-refractivity contribution >= 4 is 35.4 Å². The van der Waals surface area contributed by atoms with Crippen molar-refractivity contribution in [2.24, 2.45) is 10.9 Å². The number of anilines is 1. The van der Waals surface area contributed by atoms with Gasteiger partial charge in [-0.3, -0.25) is 19.9 Å². The third kappa shape index (κ3) is 3.33. The van der Waals surface area contributed by atoms with E-state index < -0.39 is 23.8 Å². The third-order valence-corrected chi connectivity index (χ3v) is 3.93. The Bertz CT molecular complexity index is 889. The van der Waals surface area contributed by atoms with E-state index >= 15 is 0 Å². The lowest BCUT2D eigenvalue weighted by atomic mass is 10.0. The van der Waals surface area contributed by atoms with E-state index in [1.807, 2.05) is 31.2 Å². The van der Waals surface area contributed by atoms with Gasteiger partial charge in [-0.1, -0.05) is 30.3 Å². The summed E-state index contributed by atoms with van der Waals surface area (Å²) in [5, 5.41) is 2.22. The predicted molar refractivity (Wildman–Crippen MR) is 95.0 cm³/mol. The molecular weight excluding hydrogens is 318 g/mol. The molecule has 0 radical (unpaired) electrons. The van der Waals surface area contributed by atoms with Crippen molar-refractivity contribution in [1.82, 2.24) is 5.32 Å². The fraction of sp³-hybridized carbons (Fsp3) is 0.158. The monoisotopic (exact) mass is 335 g/mol. The standard InChI is InChI=1S/C19H17N3O3/c1-12-6-5-8-14(10-12)20-11-15-17(23)21-19(25)22(18(15)24)16-9-4-3-7-13(16)2/h3-11,15H,1-2H3,(H,21,23,25)/t15-/m1/s1. The van der Waals surface area contributed by atoms with Gasteiger partial charge in [-0.25, -0.2) is 9.69 Å². The Labute approximate surface area is 145 Å². The van der Waals surface area contributed by atoms with Crippen molar-refractivity contribution in [3.05, 3.63) is 59.7 Å². The van der Waals surface area contributed by atoms with E-state index in [-0.39, 0.29) is 0 Å². The summed E-state index contributed by atoms with van der Waals surface area (Å²) in [4.78, 5) is 42.2. The second-order valence-electron chi connectivity index (χ2n) is 5.85. The number of aliphatic imine (C=N–C) groups is 1. The van der Waals surface area contributed by atoms with Gasteiger partial charge in [0.2, 0.25) is 5.91 Å². The Hall–Kier alpha value is -3.28. The molecule has 6 heteroatoms. The van der Waals surface area contributed by atoms with E-state index in [2.05, 4.69) is 10.3 Å². The zero-order chi connectivity index (χ0) is 18.0. The summed E-state index contributed by atoms with van der Waals surface area (Å²) >= 11 is 0. The summed E-state index contributed by atoms with van der Waals surface area (Å²) in [6.07, 6.45) is 1.28. The zero-order valence-corrected chi connectivity index (χ0v) is 13.9. The van der Waals surface area contributed by atoms with Crippen LogP contribution in [0.2, 0.25) is 0 Å². The molecule has 3 rings (SSSR count). The van der Waals surface area contributed by atoms with Crippen LogP contribution in [0.25, 0.3) is 0 Å². The Morgan fingerprint density at radius 2 is 1.80 bits per heavy atom. The number of nitrogens with zero attached hydrogens (tertiary/aromatic N) is 2. The first-order chi connectivity index (χ1) is 12.0. The van der Waals surface area contributed by atoms with E-state index in [1.165, 1.54) is 6.21 Å². The maximum absolute atomic E-state index is 12.7. The number of barbiturate groups is 1. The summed E-state index contributed by atoms with van der Waals surface area (Å²) in [5.41, 5.74) is 2.87. The van der Waals surface area contributed by atoms with E-state index in [1.54, 1.807) is 31.2 Å². The van der Waals surface area contributed by atoms with Gasteiger partial charge in [0.05, 0.1) is 11.4 Å². The molecule has 2 aromatic carbocycles. The molecule has 1 fully saturated rings. The Kier molecular flexibility index (Phi) is 4.43. The average molecular weight is 335 g/mol. The molecule has 0 aliphatic carbocycles. The summed E-state index contributed by atoms with van der Waals surface area (Å²) in [6.45, 7) is 3.72. The number of hydrogen-bond acceptors (Lipinski definition) is 4. The van der Waals surface area contributed by atoms with Crippen LogP contribution in [0.15, 0.2) is 53.5 Å². The summed E-state index contributed by atoms with van der Waals surface area (Å²) in [7, 11) is 0. The lowest BCUT2D eigenvalue weighted by molar-refractivity contribution is -0.131. The van der Waals surface area contributed by atoms with Crippen molar-refractivity contribution in [2.45, 2.75) is 13.8 Å². The molecule has 25 heavy (non-hydrogen) atoms. The third-order valence-electron chi connectivity index (χ3n) is 3.93. The molecule has 4 amide bonds. The van der Waals surface area contributed by atoms with Crippen molar-refractivity contribution in [2.75, 3.05) is 4.90 Å². The van der Waals surface area contributed by atoms with Crippen molar-refractivity contribution in [1.29, 1.82) is 0 Å². The molecule has 0 spiro atoms. The number of imide groups is 2. The fourth-order valence-corrected chi connectivity index (χ4v) is 2.63. The van der Waals surface area contributed by atoms with Gasteiger partial charge in [-0.05, 0) is 43.2 Å². The molecule has 1 heterocycles. The van der Waals surface area contributed by atoms with E-state index in [0.717, 1.165) is 16.0 Å². The number of carbonyl (C=O) groups is 3. The maximum atomic E-state index is 12.7. The lowest BCUT2D eigenvalue weighted by Crippen LogP contribution is -2.58. The van der Waals surface area contributed by atoms with Gasteiger partial charge in [0.1, 0.15) is 0 Å². The van der Waals surface area contributed by atoms with Crippen LogP contribution in [0.3, 0.4) is 0 Å². The number of nitrogens with one attached hydrogen (secondary N) is 1. The van der Waals surface area contributed by atoms with Crippen LogP contribution in [-0.4, -0.2) is 24.1 Å². The molecule has 1 aliphatic rings. The molecule has 0 bridgehead atoms. The molecule has 0 unspecified atom stereocenters. The SMILES string of the molecule is Cc1cccc(N=C[C@@H]2C(=O)NC(=O)N(c3ccccc3C)C2=O)c1. The maximum Gasteiger partial charge on any atom is 0.335 e. The molecular formula is C19H17N3O3. The van der Waals surface area contributed by atoms with Crippen LogP contribution in [0, 0.1) is 19.8 Å². The number of benzene rings is 2. The Balaban J connectivity index is 1.92. The number of rotatable bonds is 3. The second kappa shape index (κ2) is 6.68. The van der Waals surface area contributed by atoms with E-state index in [0.29, 0.717) is 11.4 Å². The summed E-state index contributed by atoms with van der Waals surface area (Å²) < 4.78 is 0. The molecule has 1 atom stereocenters. The first-order valence-corrected chi connectivity index (χ1v) is 7.82. The molecule has 1 aliphatic heterocycles. The van der Waals surface area contributed by atoms with Crippen LogP contribution >= 0.6 is 0 Å². The summed E-state index contributed by atoms with van der Waals surface area (Å²) in [6, 6.07) is 13.6. The van der Waals surface area contributed by atoms with Gasteiger partial charge < -0.3 is 0 Å². The van der Waals surface area contributed by atoms with Gasteiger partial charge in [0.25, 0.3) is 5.91 Å². The van der Waals surface area contributed by atoms with Gasteiger partial charge in [-0.2, -0.15) is 0 Å². The number of amides is 4. The van der Waals surface area contributed by atoms with Crippen LogP contribution < -0.4 is 10.2 Å². The first-order valence-electron chi connectivity index (χ1n) is 7.82. The number of hydrogen-bond donors (Lipinski definition) is 1. The normalized spacial score (nSPS) is 17.9. The van der Waals surface area contributed by atoms with Crippen LogP contribution in [0.1, 0.15) is 11.1 Å². The smallest absolute Gasteiger partial charge is 0.276 e. The minimum Gasteiger partial charge on any atom is -0.276 e. The van der Waals surface area contributed by atoms with Gasteiger partial charge in [0.15, 0.2) is 5.92 Å². The van der Waals surface area contributed by atoms with E-state index in [9.17, 15) is 14.4 Å². The summed E-state index contributed by atoms with van der Waals surface area (Å²) in [5.74, 6) is -2.44. The highest BCUT2D eigenvalue weighted by molar-refractivity contribution is 6.32. The minimum absolute atomic E-state index is 0.450. The molecule has 6 nitrogen and oxygen atoms in total. The molecule has 1 saturated heterocycles. The van der Waals surface area contributed by atoms with Gasteiger partial charge >= 0.3 is 6.03 Å². The fourth-order valence-electron chi connectivity index (χ4n) is 2.63. The largest absolute Gasteiger partial charge is 0.335 e. The van der Waals surface area contributed by atoms with Crippen molar-refractivity contribution < 1.29 is 14.4 Å². The molecule has 2 aromatic rings. The molecule has 1 N–H and O–H groups in total. The molecule has 126 valence electrons. The topological polar surface area (TPSA) is 78.8 Å². The Morgan fingerprint density at radius 3 is 2.52 bits per heavy atom. The lowest BCUT2D eigenvalue weighted by Gasteiger charge is -2.29. The molecule has 0 saturated carbocycles. The quantitative estimate of drug-likeness (QED) is 0.692. The van der Waals surface area contributed by atoms with Gasteiger partial charge in [0, 0.05) is 6.21 Å².